The second-order valence-electron chi connectivity index (χ2n) is 3.62. The first-order valence-electron chi connectivity index (χ1n) is 4.90. The Morgan fingerprint density at radius 1 is 1.53 bits per heavy atom. The molecule has 3 N–H and O–H groups in total. The van der Waals surface area contributed by atoms with Crippen LogP contribution in [0.5, 0.6) is 0 Å². The Hall–Kier alpha value is -2.21. The van der Waals surface area contributed by atoms with Crippen molar-refractivity contribution in [2.75, 3.05) is 4.90 Å². The lowest BCUT2D eigenvalue weighted by atomic mass is 10.0. The molecule has 19 heavy (non-hydrogen) atoms. The summed E-state index contributed by atoms with van der Waals surface area (Å²) in [4.78, 5) is 4.77. The van der Waals surface area contributed by atoms with E-state index in [0.717, 1.165) is 16.2 Å². The number of hydrogen-bond donors (Lipinski definition) is 2. The molecule has 0 radical (unpaired) electrons. The molecule has 1 aliphatic heterocycles. The highest BCUT2D eigenvalue weighted by atomic mass is 32.1. The van der Waals surface area contributed by atoms with Gasteiger partial charge in [-0.05, 0) is 0 Å². The maximum atomic E-state index is 12.8. The molecular formula is C10H7F3N4OS. The number of rotatable bonds is 1. The molecule has 0 fully saturated rings. The predicted octanol–water partition coefficient (Wildman–Crippen LogP) is 2.03. The minimum atomic E-state index is -4.77. The molecular weight excluding hydrogens is 281 g/mol. The molecule has 2 heterocycles. The Kier molecular flexibility index (Phi) is 3.11. The average Bonchev–Trinajstić information content (AvgIpc) is 2.84. The molecule has 9 heteroatoms. The first-order chi connectivity index (χ1) is 8.86. The first kappa shape index (κ1) is 13.2. The molecule has 0 aromatic carbocycles. The summed E-state index contributed by atoms with van der Waals surface area (Å²) in [6, 6.07) is 0.542. The van der Waals surface area contributed by atoms with Crippen molar-refractivity contribution in [3.63, 3.8) is 0 Å². The highest BCUT2D eigenvalue weighted by Gasteiger charge is 2.43. The zero-order valence-electron chi connectivity index (χ0n) is 9.22. The Morgan fingerprint density at radius 2 is 2.21 bits per heavy atom. The van der Waals surface area contributed by atoms with Crippen LogP contribution in [0.1, 0.15) is 0 Å². The molecule has 5 nitrogen and oxygen atoms in total. The van der Waals surface area contributed by atoms with Crippen molar-refractivity contribution < 1.29 is 18.3 Å². The van der Waals surface area contributed by atoms with Crippen LogP contribution in [-0.2, 0) is 0 Å². The third kappa shape index (κ3) is 2.22. The lowest BCUT2D eigenvalue weighted by Crippen LogP contribution is -2.40. The van der Waals surface area contributed by atoms with E-state index in [0.29, 0.717) is 11.2 Å². The maximum absolute atomic E-state index is 12.8. The Labute approximate surface area is 109 Å². The van der Waals surface area contributed by atoms with E-state index >= 15 is 0 Å². The number of aromatic nitrogens is 1. The summed E-state index contributed by atoms with van der Waals surface area (Å²) >= 11 is 1.06. The van der Waals surface area contributed by atoms with Crippen LogP contribution in [-0.4, -0.2) is 22.3 Å². The molecule has 1 unspecified atom stereocenters. The van der Waals surface area contributed by atoms with Crippen molar-refractivity contribution in [3.8, 4) is 6.07 Å². The largest absolute Gasteiger partial charge is 0.505 e. The number of nitrogens with zero attached hydrogens (tertiary/aromatic N) is 3. The van der Waals surface area contributed by atoms with E-state index in [1.54, 1.807) is 6.07 Å². The molecule has 1 aliphatic rings. The van der Waals surface area contributed by atoms with Crippen LogP contribution in [0.25, 0.3) is 0 Å². The van der Waals surface area contributed by atoms with Crippen LogP contribution >= 0.6 is 11.3 Å². The van der Waals surface area contributed by atoms with Crippen LogP contribution in [0.4, 0.5) is 18.2 Å². The van der Waals surface area contributed by atoms with Crippen molar-refractivity contribution in [2.24, 2.45) is 5.73 Å². The van der Waals surface area contributed by atoms with Gasteiger partial charge in [0, 0.05) is 6.20 Å². The van der Waals surface area contributed by atoms with Gasteiger partial charge in [-0.25, -0.2) is 0 Å². The van der Waals surface area contributed by atoms with Crippen LogP contribution < -0.4 is 10.6 Å². The van der Waals surface area contributed by atoms with Crippen molar-refractivity contribution in [2.45, 2.75) is 12.2 Å². The van der Waals surface area contributed by atoms with Gasteiger partial charge < -0.3 is 15.7 Å². The van der Waals surface area contributed by atoms with Gasteiger partial charge in [0.2, 0.25) is 0 Å². The van der Waals surface area contributed by atoms with Gasteiger partial charge in [0.25, 0.3) is 0 Å². The highest BCUT2D eigenvalue weighted by molar-refractivity contribution is 7.13. The number of halogens is 3. The molecule has 0 amide bonds. The van der Waals surface area contributed by atoms with Gasteiger partial charge in [-0.1, -0.05) is 0 Å². The Morgan fingerprint density at radius 3 is 2.68 bits per heavy atom. The second kappa shape index (κ2) is 4.47. The van der Waals surface area contributed by atoms with E-state index in [9.17, 15) is 18.3 Å². The molecule has 0 saturated heterocycles. The van der Waals surface area contributed by atoms with E-state index in [4.69, 9.17) is 11.0 Å². The fourth-order valence-electron chi connectivity index (χ4n) is 1.58. The summed E-state index contributed by atoms with van der Waals surface area (Å²) in [5.74, 6) is -1.11. The molecule has 0 bridgehead atoms. The minimum absolute atomic E-state index is 0.323. The fourth-order valence-corrected chi connectivity index (χ4v) is 2.21. The molecule has 1 aromatic rings. The number of alkyl halides is 3. The van der Waals surface area contributed by atoms with E-state index in [-0.39, 0.29) is 0 Å². The maximum Gasteiger partial charge on any atom is 0.421 e. The van der Waals surface area contributed by atoms with Gasteiger partial charge in [-0.15, -0.1) is 11.3 Å². The summed E-state index contributed by atoms with van der Waals surface area (Å²) < 4.78 is 38.3. The average molecular weight is 288 g/mol. The number of hydrogen-bond acceptors (Lipinski definition) is 6. The highest BCUT2D eigenvalue weighted by Crippen LogP contribution is 2.37. The van der Waals surface area contributed by atoms with Crippen LogP contribution in [0.3, 0.4) is 0 Å². The molecule has 1 aromatic heterocycles. The summed E-state index contributed by atoms with van der Waals surface area (Å²) in [6.45, 7) is 0. The van der Waals surface area contributed by atoms with E-state index in [1.165, 1.54) is 11.7 Å². The lowest BCUT2D eigenvalue weighted by molar-refractivity contribution is -0.0931. The number of thiazole rings is 1. The molecule has 0 saturated carbocycles. The van der Waals surface area contributed by atoms with Crippen molar-refractivity contribution in [1.29, 1.82) is 5.26 Å². The van der Waals surface area contributed by atoms with Crippen molar-refractivity contribution >= 4 is 16.3 Å². The van der Waals surface area contributed by atoms with Gasteiger partial charge in [0.05, 0.1) is 23.5 Å². The number of aliphatic hydroxyl groups excluding tert-OH is 1. The van der Waals surface area contributed by atoms with E-state index in [1.807, 2.05) is 0 Å². The summed E-state index contributed by atoms with van der Waals surface area (Å²) in [6.07, 6.45) is -2.79. The zero-order chi connectivity index (χ0) is 14.2. The second-order valence-corrected chi connectivity index (χ2v) is 4.49. The summed E-state index contributed by atoms with van der Waals surface area (Å²) in [7, 11) is 0. The molecule has 0 aliphatic carbocycles. The quantitative estimate of drug-likeness (QED) is 0.825. The third-order valence-corrected chi connectivity index (χ3v) is 3.26. The SMILES string of the molecule is N#CC1C(N)=C(O)C(C(F)(F)F)=CN1c1cncs1. The summed E-state index contributed by atoms with van der Waals surface area (Å²) in [5.41, 5.74) is 5.02. The van der Waals surface area contributed by atoms with Gasteiger partial charge in [-0.3, -0.25) is 4.98 Å². The number of aliphatic hydroxyl groups is 1. The smallest absolute Gasteiger partial charge is 0.421 e. The molecule has 1 atom stereocenters. The molecule has 2 rings (SSSR count). The number of nitrogens with two attached hydrogens (primary N) is 1. The normalized spacial score (nSPS) is 20.2. The Bertz CT molecular complexity index is 585. The first-order valence-corrected chi connectivity index (χ1v) is 5.78. The van der Waals surface area contributed by atoms with Crippen LogP contribution in [0, 0.1) is 11.3 Å². The monoisotopic (exact) mass is 288 g/mol. The van der Waals surface area contributed by atoms with Crippen LogP contribution in [0.2, 0.25) is 0 Å². The number of nitriles is 1. The van der Waals surface area contributed by atoms with E-state index < -0.39 is 29.2 Å². The van der Waals surface area contributed by atoms with Crippen molar-refractivity contribution in [3.05, 3.63) is 34.9 Å². The van der Waals surface area contributed by atoms with Gasteiger partial charge in [0.1, 0.15) is 10.6 Å². The summed E-state index contributed by atoms with van der Waals surface area (Å²) in [5, 5.41) is 18.8. The topological polar surface area (TPSA) is 86.2 Å². The molecule has 100 valence electrons. The number of anilines is 1. The Balaban J connectivity index is 2.55. The predicted molar refractivity (Wildman–Crippen MR) is 62.0 cm³/mol. The van der Waals surface area contributed by atoms with Gasteiger partial charge >= 0.3 is 6.18 Å². The van der Waals surface area contributed by atoms with E-state index in [2.05, 4.69) is 4.98 Å². The van der Waals surface area contributed by atoms with Crippen LogP contribution in [0.15, 0.2) is 34.9 Å². The zero-order valence-corrected chi connectivity index (χ0v) is 10.0. The van der Waals surface area contributed by atoms with Gasteiger partial charge in [-0.2, -0.15) is 18.4 Å². The molecule has 0 spiro atoms. The lowest BCUT2D eigenvalue weighted by Gasteiger charge is -2.30. The number of allylic oxidation sites excluding steroid dienone is 1. The van der Waals surface area contributed by atoms with Crippen molar-refractivity contribution in [1.82, 2.24) is 4.98 Å². The third-order valence-electron chi connectivity index (χ3n) is 2.47. The fraction of sp³-hybridized carbons (Fsp3) is 0.200. The standard InChI is InChI=1S/C10H7F3N4OS/c11-10(12,13)5-3-17(7-2-16-4-19-7)6(1-14)8(15)9(5)18/h2-4,6,18H,15H2. The van der Waals surface area contributed by atoms with Gasteiger partial charge in [0.15, 0.2) is 11.8 Å². The minimum Gasteiger partial charge on any atom is -0.505 e.